The Hall–Kier alpha value is -2.13. The van der Waals surface area contributed by atoms with Gasteiger partial charge in [-0.15, -0.1) is 0 Å². The number of benzene rings is 1. The molecule has 2 rings (SSSR count). The first kappa shape index (κ1) is 17.2. The average molecular weight is 361 g/mol. The molecule has 2 N–H and O–H groups in total. The molecule has 0 spiro atoms. The second kappa shape index (κ2) is 7.42. The summed E-state index contributed by atoms with van der Waals surface area (Å²) in [6, 6.07) is 3.11. The minimum atomic E-state index is -0.532. The number of hydrogen-bond acceptors (Lipinski definition) is 6. The van der Waals surface area contributed by atoms with E-state index < -0.39 is 5.63 Å². The van der Waals surface area contributed by atoms with Gasteiger partial charge in [0.2, 0.25) is 5.91 Å². The van der Waals surface area contributed by atoms with Crippen LogP contribution >= 0.6 is 23.4 Å². The molecule has 10 heteroatoms. The van der Waals surface area contributed by atoms with Gasteiger partial charge in [-0.25, -0.2) is 4.79 Å². The van der Waals surface area contributed by atoms with Crippen molar-refractivity contribution in [2.45, 2.75) is 5.03 Å². The van der Waals surface area contributed by atoms with Crippen molar-refractivity contribution in [3.05, 3.63) is 27.6 Å². The average Bonchev–Trinajstić information content (AvgIpc) is 2.84. The normalized spacial score (nSPS) is 10.4. The summed E-state index contributed by atoms with van der Waals surface area (Å²) >= 11 is 7.09. The van der Waals surface area contributed by atoms with Gasteiger partial charge in [-0.2, -0.15) is 0 Å². The smallest absolute Gasteiger partial charge is 0.441 e. The number of H-pyrrole nitrogens is 1. The minimum absolute atomic E-state index is 0.0171. The van der Waals surface area contributed by atoms with E-state index in [4.69, 9.17) is 21.1 Å². The van der Waals surface area contributed by atoms with E-state index in [-0.39, 0.29) is 11.7 Å². The van der Waals surface area contributed by atoms with Crippen LogP contribution in [0.3, 0.4) is 0 Å². The first-order chi connectivity index (χ1) is 11.0. The summed E-state index contributed by atoms with van der Waals surface area (Å²) in [4.78, 5) is 23.5. The van der Waals surface area contributed by atoms with Gasteiger partial charge in [0.1, 0.15) is 11.5 Å². The number of hydrogen-bond donors (Lipinski definition) is 2. The van der Waals surface area contributed by atoms with Crippen LogP contribution in [0.25, 0.3) is 0 Å². The summed E-state index contributed by atoms with van der Waals surface area (Å²) in [6.07, 6.45) is 0. The Balaban J connectivity index is 2.08. The third-order valence-electron chi connectivity index (χ3n) is 2.84. The van der Waals surface area contributed by atoms with Gasteiger partial charge in [-0.05, 0) is 23.1 Å². The lowest BCUT2D eigenvalue weighted by Crippen LogP contribution is -2.34. The second-order valence-electron chi connectivity index (χ2n) is 4.37. The van der Waals surface area contributed by atoms with Gasteiger partial charge in [-0.3, -0.25) is 9.32 Å². The summed E-state index contributed by atoms with van der Waals surface area (Å²) in [5, 5.41) is 5.69. The third kappa shape index (κ3) is 3.99. The highest BCUT2D eigenvalue weighted by atomic mass is 35.5. The van der Waals surface area contributed by atoms with Gasteiger partial charge in [-0.1, -0.05) is 16.3 Å². The highest BCUT2D eigenvalue weighted by Crippen LogP contribution is 2.35. The summed E-state index contributed by atoms with van der Waals surface area (Å²) in [7, 11) is 4.56. The van der Waals surface area contributed by atoms with E-state index in [2.05, 4.69) is 15.1 Å². The molecule has 0 saturated heterocycles. The third-order valence-corrected chi connectivity index (χ3v) is 4.26. The molecule has 0 radical (unpaired) electrons. The van der Waals surface area contributed by atoms with Gasteiger partial charge in [0.25, 0.3) is 0 Å². The SMILES string of the molecule is COc1cc(OC)c(NC(=O)CSc2c(=O)o[nH][n+]2C)cc1Cl. The topological polar surface area (TPSA) is 97.4 Å². The molecule has 0 aliphatic carbocycles. The van der Waals surface area contributed by atoms with E-state index in [1.165, 1.54) is 25.0 Å². The van der Waals surface area contributed by atoms with Gasteiger partial charge >= 0.3 is 10.7 Å². The fourth-order valence-electron chi connectivity index (χ4n) is 1.77. The number of rotatable bonds is 6. The minimum Gasteiger partial charge on any atom is -0.495 e. The Labute approximate surface area is 140 Å². The lowest BCUT2D eigenvalue weighted by molar-refractivity contribution is -0.772. The van der Waals surface area contributed by atoms with E-state index in [0.29, 0.717) is 27.2 Å². The highest BCUT2D eigenvalue weighted by molar-refractivity contribution is 7.99. The highest BCUT2D eigenvalue weighted by Gasteiger charge is 2.20. The van der Waals surface area contributed by atoms with Crippen LogP contribution < -0.4 is 25.1 Å². The van der Waals surface area contributed by atoms with E-state index >= 15 is 0 Å². The van der Waals surface area contributed by atoms with Crippen LogP contribution in [0.4, 0.5) is 5.69 Å². The van der Waals surface area contributed by atoms with E-state index in [9.17, 15) is 9.59 Å². The fraction of sp³-hybridized carbons (Fsp3) is 0.308. The molecule has 0 unspecified atom stereocenters. The number of aromatic nitrogens is 2. The maximum absolute atomic E-state index is 12.1. The quantitative estimate of drug-likeness (QED) is 0.593. The van der Waals surface area contributed by atoms with Crippen molar-refractivity contribution in [1.82, 2.24) is 5.27 Å². The lowest BCUT2D eigenvalue weighted by Gasteiger charge is -2.12. The van der Waals surface area contributed by atoms with Gasteiger partial charge in [0.05, 0.1) is 30.7 Å². The number of aryl methyl sites for hydroxylation is 1. The first-order valence-corrected chi connectivity index (χ1v) is 7.74. The zero-order valence-corrected chi connectivity index (χ0v) is 14.2. The molecule has 2 aromatic rings. The van der Waals surface area contributed by atoms with Crippen LogP contribution in [0.5, 0.6) is 11.5 Å². The molecule has 0 aliphatic heterocycles. The molecule has 0 saturated carbocycles. The molecule has 23 heavy (non-hydrogen) atoms. The molecular formula is C13H15ClN3O5S+. The molecule has 124 valence electrons. The molecule has 0 atom stereocenters. The summed E-state index contributed by atoms with van der Waals surface area (Å²) in [5.41, 5.74) is -0.121. The van der Waals surface area contributed by atoms with Crippen molar-refractivity contribution in [3.63, 3.8) is 0 Å². The number of halogens is 1. The molecule has 1 aromatic heterocycles. The molecular weight excluding hydrogens is 346 g/mol. The lowest BCUT2D eigenvalue weighted by atomic mass is 10.2. The van der Waals surface area contributed by atoms with Crippen molar-refractivity contribution < 1.29 is 23.5 Å². The molecule has 0 bridgehead atoms. The van der Waals surface area contributed by atoms with Crippen molar-refractivity contribution in [2.24, 2.45) is 7.05 Å². The van der Waals surface area contributed by atoms with Crippen LogP contribution in [0.2, 0.25) is 5.02 Å². The van der Waals surface area contributed by atoms with E-state index in [1.807, 2.05) is 0 Å². The van der Waals surface area contributed by atoms with Gasteiger partial charge in [0, 0.05) is 6.07 Å². The van der Waals surface area contributed by atoms with E-state index in [0.717, 1.165) is 11.8 Å². The van der Waals surface area contributed by atoms with Gasteiger partial charge < -0.3 is 14.8 Å². The molecule has 1 aromatic carbocycles. The standard InChI is InChI=1S/C13H14ClN3O5S/c1-17-12(13(19)22-16-17)23-6-11(18)15-8-4-7(14)9(20-2)5-10(8)21-3/h4-5H,6H2,1-3H3,(H-,15,16,18,19)/p+1. The fourth-order valence-corrected chi connectivity index (χ4v) is 2.74. The summed E-state index contributed by atoms with van der Waals surface area (Å²) in [6.45, 7) is 0. The van der Waals surface area contributed by atoms with Crippen LogP contribution in [0, 0.1) is 0 Å². The Kier molecular flexibility index (Phi) is 5.56. The Bertz CT molecular complexity index is 773. The number of nitrogens with zero attached hydrogens (tertiary/aromatic N) is 1. The van der Waals surface area contributed by atoms with Crippen LogP contribution in [-0.2, 0) is 11.8 Å². The van der Waals surface area contributed by atoms with Gasteiger partial charge in [0.15, 0.2) is 7.05 Å². The number of thioether (sulfide) groups is 1. The van der Waals surface area contributed by atoms with Crippen LogP contribution in [-0.4, -0.2) is 31.2 Å². The Morgan fingerprint density at radius 3 is 2.65 bits per heavy atom. The number of ether oxygens (including phenoxy) is 2. The number of carbonyl (C=O) groups excluding carboxylic acids is 1. The number of anilines is 1. The number of nitrogens with one attached hydrogen (secondary N) is 2. The number of amides is 1. The maximum atomic E-state index is 12.1. The first-order valence-electron chi connectivity index (χ1n) is 6.38. The molecule has 0 fully saturated rings. The Morgan fingerprint density at radius 2 is 2.09 bits per heavy atom. The summed E-state index contributed by atoms with van der Waals surface area (Å²) in [5.74, 6) is 0.544. The largest absolute Gasteiger partial charge is 0.495 e. The molecule has 1 amide bonds. The van der Waals surface area contributed by atoms with Crippen LogP contribution in [0.15, 0.2) is 26.5 Å². The number of carbonyl (C=O) groups is 1. The zero-order valence-electron chi connectivity index (χ0n) is 12.6. The molecule has 8 nitrogen and oxygen atoms in total. The van der Waals surface area contributed by atoms with E-state index in [1.54, 1.807) is 13.1 Å². The molecule has 0 aliphatic rings. The monoisotopic (exact) mass is 360 g/mol. The van der Waals surface area contributed by atoms with Crippen LogP contribution in [0.1, 0.15) is 0 Å². The second-order valence-corrected chi connectivity index (χ2v) is 5.74. The van der Waals surface area contributed by atoms with Crippen molar-refractivity contribution in [2.75, 3.05) is 25.3 Å². The Morgan fingerprint density at radius 1 is 1.39 bits per heavy atom. The van der Waals surface area contributed by atoms with Crippen molar-refractivity contribution in [1.29, 1.82) is 0 Å². The predicted molar refractivity (Wildman–Crippen MR) is 84.4 cm³/mol. The summed E-state index contributed by atoms with van der Waals surface area (Å²) < 4.78 is 16.3. The number of methoxy groups -OCH3 is 2. The van der Waals surface area contributed by atoms with Crippen molar-refractivity contribution >= 4 is 35.0 Å². The number of aromatic amines is 1. The molecule has 1 heterocycles. The van der Waals surface area contributed by atoms with Crippen molar-refractivity contribution in [3.8, 4) is 11.5 Å². The predicted octanol–water partition coefficient (Wildman–Crippen LogP) is 1.19. The zero-order chi connectivity index (χ0) is 17.0. The maximum Gasteiger partial charge on any atom is 0.441 e.